The fourth-order valence-corrected chi connectivity index (χ4v) is 1.26. The van der Waals surface area contributed by atoms with Gasteiger partial charge in [-0.3, -0.25) is 4.79 Å². The second-order valence-electron chi connectivity index (χ2n) is 4.14. The molecule has 1 aromatic carbocycles. The van der Waals surface area contributed by atoms with E-state index in [0.29, 0.717) is 11.4 Å². The van der Waals surface area contributed by atoms with Crippen molar-refractivity contribution in [1.29, 1.82) is 0 Å². The van der Waals surface area contributed by atoms with Gasteiger partial charge in [0, 0.05) is 6.07 Å². The van der Waals surface area contributed by atoms with Gasteiger partial charge in [-0.15, -0.1) is 0 Å². The lowest BCUT2D eigenvalue weighted by molar-refractivity contribution is -0.118. The Kier molecular flexibility index (Phi) is 4.34. The van der Waals surface area contributed by atoms with Crippen LogP contribution in [0.1, 0.15) is 13.8 Å². The van der Waals surface area contributed by atoms with Crippen LogP contribution in [0.4, 0.5) is 5.69 Å². The summed E-state index contributed by atoms with van der Waals surface area (Å²) in [4.78, 5) is 11.7. The van der Waals surface area contributed by atoms with E-state index in [1.807, 2.05) is 13.8 Å². The molecule has 0 aliphatic heterocycles. The van der Waals surface area contributed by atoms with Gasteiger partial charge >= 0.3 is 0 Å². The van der Waals surface area contributed by atoms with E-state index in [4.69, 9.17) is 10.5 Å². The Bertz CT molecular complexity index is 405. The lowest BCUT2D eigenvalue weighted by Crippen LogP contribution is -2.39. The molecule has 1 rings (SSSR count). The molecule has 0 saturated heterocycles. The molecule has 0 aromatic heterocycles. The number of nitrogens with one attached hydrogen (secondary N) is 1. The van der Waals surface area contributed by atoms with Crippen LogP contribution in [-0.4, -0.2) is 24.2 Å². The number of carbonyl (C=O) groups excluding carboxylic acids is 1. The highest BCUT2D eigenvalue weighted by atomic mass is 16.5. The summed E-state index contributed by atoms with van der Waals surface area (Å²) >= 11 is 0. The van der Waals surface area contributed by atoms with Crippen molar-refractivity contribution in [2.45, 2.75) is 19.9 Å². The van der Waals surface area contributed by atoms with E-state index < -0.39 is 6.04 Å². The molecule has 1 atom stereocenters. The summed E-state index contributed by atoms with van der Waals surface area (Å²) in [6.45, 7) is 3.71. The number of amides is 1. The van der Waals surface area contributed by atoms with Gasteiger partial charge in [0.25, 0.3) is 0 Å². The van der Waals surface area contributed by atoms with Gasteiger partial charge in [0.15, 0.2) is 0 Å². The Hall–Kier alpha value is -1.75. The Morgan fingerprint density at radius 3 is 2.65 bits per heavy atom. The molecule has 0 aliphatic rings. The molecule has 0 heterocycles. The molecule has 0 unspecified atom stereocenters. The standard InChI is InChI=1S/C12H18N2O3/c1-7(2)11(13)12(16)14-9-6-8(17-3)4-5-10(9)15/h4-7,11,15H,13H2,1-3H3,(H,14,16)/t11-/m1/s1. The maximum Gasteiger partial charge on any atom is 0.241 e. The smallest absolute Gasteiger partial charge is 0.241 e. The number of methoxy groups -OCH3 is 1. The summed E-state index contributed by atoms with van der Waals surface area (Å²) in [6, 6.07) is 3.99. The number of nitrogens with two attached hydrogens (primary N) is 1. The normalized spacial score (nSPS) is 12.3. The summed E-state index contributed by atoms with van der Waals surface area (Å²) in [5.74, 6) is 0.234. The number of aromatic hydroxyl groups is 1. The molecule has 94 valence electrons. The zero-order valence-electron chi connectivity index (χ0n) is 10.2. The topological polar surface area (TPSA) is 84.6 Å². The highest BCUT2D eigenvalue weighted by Crippen LogP contribution is 2.27. The highest BCUT2D eigenvalue weighted by molar-refractivity contribution is 5.96. The van der Waals surface area contributed by atoms with Gasteiger partial charge in [-0.25, -0.2) is 0 Å². The predicted octanol–water partition coefficient (Wildman–Crippen LogP) is 1.32. The fraction of sp³-hybridized carbons (Fsp3) is 0.417. The SMILES string of the molecule is COc1ccc(O)c(NC(=O)[C@H](N)C(C)C)c1. The lowest BCUT2D eigenvalue weighted by Gasteiger charge is -2.16. The zero-order chi connectivity index (χ0) is 13.0. The van der Waals surface area contributed by atoms with Crippen molar-refractivity contribution in [3.63, 3.8) is 0 Å². The van der Waals surface area contributed by atoms with Gasteiger partial charge < -0.3 is 20.9 Å². The van der Waals surface area contributed by atoms with Crippen LogP contribution >= 0.6 is 0 Å². The lowest BCUT2D eigenvalue weighted by atomic mass is 10.0. The third kappa shape index (κ3) is 3.35. The number of anilines is 1. The fourth-order valence-electron chi connectivity index (χ4n) is 1.26. The predicted molar refractivity (Wildman–Crippen MR) is 66.1 cm³/mol. The van der Waals surface area contributed by atoms with Crippen LogP contribution < -0.4 is 15.8 Å². The van der Waals surface area contributed by atoms with Crippen molar-refractivity contribution in [2.75, 3.05) is 12.4 Å². The first-order chi connectivity index (χ1) is 7.95. The van der Waals surface area contributed by atoms with Crippen LogP contribution in [0.25, 0.3) is 0 Å². The molecular formula is C12H18N2O3. The number of hydrogen-bond acceptors (Lipinski definition) is 4. The van der Waals surface area contributed by atoms with Crippen LogP contribution in [0.2, 0.25) is 0 Å². The Balaban J connectivity index is 2.84. The summed E-state index contributed by atoms with van der Waals surface area (Å²) < 4.78 is 5.01. The second-order valence-corrected chi connectivity index (χ2v) is 4.14. The number of carbonyl (C=O) groups is 1. The minimum absolute atomic E-state index is 0.0184. The van der Waals surface area contributed by atoms with Gasteiger partial charge in [-0.2, -0.15) is 0 Å². The summed E-state index contributed by atoms with van der Waals surface area (Å²) in [5, 5.41) is 12.2. The number of ether oxygens (including phenoxy) is 1. The summed E-state index contributed by atoms with van der Waals surface area (Å²) in [5.41, 5.74) is 6.00. The molecule has 1 aromatic rings. The average Bonchev–Trinajstić information content (AvgIpc) is 2.30. The average molecular weight is 238 g/mol. The van der Waals surface area contributed by atoms with E-state index >= 15 is 0 Å². The van der Waals surface area contributed by atoms with E-state index in [9.17, 15) is 9.90 Å². The Labute approximate surface area is 101 Å². The van der Waals surface area contributed by atoms with Crippen LogP contribution in [-0.2, 0) is 4.79 Å². The van der Waals surface area contributed by atoms with Crippen LogP contribution in [0.15, 0.2) is 18.2 Å². The quantitative estimate of drug-likeness (QED) is 0.691. The van der Waals surface area contributed by atoms with Crippen LogP contribution in [0.5, 0.6) is 11.5 Å². The van der Waals surface area contributed by atoms with Crippen molar-refractivity contribution in [1.82, 2.24) is 0 Å². The molecular weight excluding hydrogens is 220 g/mol. The minimum atomic E-state index is -0.611. The molecule has 1 amide bonds. The minimum Gasteiger partial charge on any atom is -0.506 e. The first kappa shape index (κ1) is 13.3. The molecule has 0 aliphatic carbocycles. The maximum atomic E-state index is 11.7. The Morgan fingerprint density at radius 2 is 2.12 bits per heavy atom. The van der Waals surface area contributed by atoms with Crippen molar-refractivity contribution in [2.24, 2.45) is 11.7 Å². The maximum absolute atomic E-state index is 11.7. The highest BCUT2D eigenvalue weighted by Gasteiger charge is 2.18. The van der Waals surface area contributed by atoms with E-state index in [0.717, 1.165) is 0 Å². The number of benzene rings is 1. The first-order valence-electron chi connectivity index (χ1n) is 5.39. The largest absolute Gasteiger partial charge is 0.506 e. The van der Waals surface area contributed by atoms with E-state index in [-0.39, 0.29) is 17.6 Å². The van der Waals surface area contributed by atoms with E-state index in [1.54, 1.807) is 12.1 Å². The molecule has 0 radical (unpaired) electrons. The Morgan fingerprint density at radius 1 is 1.47 bits per heavy atom. The zero-order valence-corrected chi connectivity index (χ0v) is 10.2. The monoisotopic (exact) mass is 238 g/mol. The second kappa shape index (κ2) is 5.54. The molecule has 0 spiro atoms. The summed E-state index contributed by atoms with van der Waals surface area (Å²) in [6.07, 6.45) is 0. The molecule has 5 nitrogen and oxygen atoms in total. The molecule has 0 fully saturated rings. The van der Waals surface area contributed by atoms with E-state index in [1.165, 1.54) is 13.2 Å². The molecule has 5 heteroatoms. The molecule has 4 N–H and O–H groups in total. The van der Waals surface area contributed by atoms with Crippen molar-refractivity contribution in [3.8, 4) is 11.5 Å². The molecule has 17 heavy (non-hydrogen) atoms. The van der Waals surface area contributed by atoms with Gasteiger partial charge in [0.1, 0.15) is 11.5 Å². The van der Waals surface area contributed by atoms with Gasteiger partial charge in [0.05, 0.1) is 18.8 Å². The van der Waals surface area contributed by atoms with E-state index in [2.05, 4.69) is 5.32 Å². The van der Waals surface area contributed by atoms with Gasteiger partial charge in [-0.05, 0) is 18.1 Å². The van der Waals surface area contributed by atoms with Crippen LogP contribution in [0, 0.1) is 5.92 Å². The van der Waals surface area contributed by atoms with Crippen molar-refractivity contribution < 1.29 is 14.6 Å². The van der Waals surface area contributed by atoms with Crippen molar-refractivity contribution in [3.05, 3.63) is 18.2 Å². The number of rotatable bonds is 4. The molecule has 0 saturated carbocycles. The summed E-state index contributed by atoms with van der Waals surface area (Å²) in [7, 11) is 1.51. The number of phenols is 1. The number of phenolic OH excluding ortho intramolecular Hbond substituents is 1. The van der Waals surface area contributed by atoms with Crippen molar-refractivity contribution >= 4 is 11.6 Å². The molecule has 0 bridgehead atoms. The first-order valence-corrected chi connectivity index (χ1v) is 5.39. The third-order valence-electron chi connectivity index (χ3n) is 2.48. The van der Waals surface area contributed by atoms with Gasteiger partial charge in [-0.1, -0.05) is 13.8 Å². The van der Waals surface area contributed by atoms with Crippen LogP contribution in [0.3, 0.4) is 0 Å². The third-order valence-corrected chi connectivity index (χ3v) is 2.48. The number of hydrogen-bond donors (Lipinski definition) is 3. The van der Waals surface area contributed by atoms with Gasteiger partial charge in [0.2, 0.25) is 5.91 Å².